The topological polar surface area (TPSA) is 65.5 Å². The van der Waals surface area contributed by atoms with Crippen molar-refractivity contribution in [2.24, 2.45) is 16.8 Å². The van der Waals surface area contributed by atoms with Crippen LogP contribution in [0.25, 0.3) is 0 Å². The van der Waals surface area contributed by atoms with Gasteiger partial charge in [0.1, 0.15) is 0 Å². The second kappa shape index (κ2) is 9.64. The zero-order valence-corrected chi connectivity index (χ0v) is 14.0. The second-order valence-electron chi connectivity index (χ2n) is 6.31. The highest BCUT2D eigenvalue weighted by Gasteiger charge is 2.18. The summed E-state index contributed by atoms with van der Waals surface area (Å²) in [5.41, 5.74) is 0. The van der Waals surface area contributed by atoms with Gasteiger partial charge in [0, 0.05) is 25.0 Å². The van der Waals surface area contributed by atoms with Crippen LogP contribution in [0.3, 0.4) is 0 Å². The number of carbonyl (C=O) groups is 1. The van der Waals surface area contributed by atoms with E-state index in [0.29, 0.717) is 19.1 Å². The normalized spacial score (nSPS) is 23.0. The van der Waals surface area contributed by atoms with Gasteiger partial charge in [-0.2, -0.15) is 0 Å². The number of aliphatic imine (C=N–C) groups is 1. The van der Waals surface area contributed by atoms with Crippen LogP contribution >= 0.6 is 0 Å². The number of nitrogens with one attached hydrogen (secondary N) is 3. The maximum absolute atomic E-state index is 11.5. The van der Waals surface area contributed by atoms with Crippen molar-refractivity contribution in [3.8, 4) is 0 Å². The Morgan fingerprint density at radius 3 is 2.43 bits per heavy atom. The molecule has 0 aliphatic heterocycles. The monoisotopic (exact) mass is 296 g/mol. The van der Waals surface area contributed by atoms with E-state index in [0.717, 1.165) is 18.4 Å². The Kier molecular flexibility index (Phi) is 8.16. The van der Waals surface area contributed by atoms with Gasteiger partial charge in [0.25, 0.3) is 0 Å². The SMILES string of the molecule is CCNC(=NCCNC(=O)C(C)C)NC1CCC(C)CC1. The second-order valence-corrected chi connectivity index (χ2v) is 6.31. The summed E-state index contributed by atoms with van der Waals surface area (Å²) in [6.45, 7) is 10.2. The van der Waals surface area contributed by atoms with E-state index in [1.807, 2.05) is 13.8 Å². The fraction of sp³-hybridized carbons (Fsp3) is 0.875. The lowest BCUT2D eigenvalue weighted by atomic mass is 9.87. The summed E-state index contributed by atoms with van der Waals surface area (Å²) >= 11 is 0. The van der Waals surface area contributed by atoms with Gasteiger partial charge < -0.3 is 16.0 Å². The first-order valence-electron chi connectivity index (χ1n) is 8.35. The molecule has 1 saturated carbocycles. The Bertz CT molecular complexity index is 333. The smallest absolute Gasteiger partial charge is 0.222 e. The van der Waals surface area contributed by atoms with E-state index in [9.17, 15) is 4.79 Å². The minimum atomic E-state index is 0.0320. The summed E-state index contributed by atoms with van der Waals surface area (Å²) in [4.78, 5) is 16.0. The Hall–Kier alpha value is -1.26. The number of nitrogens with zero attached hydrogens (tertiary/aromatic N) is 1. The van der Waals surface area contributed by atoms with Crippen LogP contribution in [-0.2, 0) is 4.79 Å². The molecule has 3 N–H and O–H groups in total. The third-order valence-corrected chi connectivity index (χ3v) is 3.91. The first-order valence-corrected chi connectivity index (χ1v) is 8.35. The average molecular weight is 296 g/mol. The van der Waals surface area contributed by atoms with E-state index in [1.54, 1.807) is 0 Å². The molecule has 0 radical (unpaired) electrons. The molecule has 0 spiro atoms. The van der Waals surface area contributed by atoms with Crippen molar-refractivity contribution in [3.05, 3.63) is 0 Å². The standard InChI is InChI=1S/C16H32N4O/c1-5-17-16(19-11-10-18-15(21)12(2)3)20-14-8-6-13(4)7-9-14/h12-14H,5-11H2,1-4H3,(H,18,21)(H2,17,19,20). The van der Waals surface area contributed by atoms with Gasteiger partial charge in [0.05, 0.1) is 6.54 Å². The van der Waals surface area contributed by atoms with E-state index >= 15 is 0 Å². The zero-order chi connectivity index (χ0) is 15.7. The predicted octanol–water partition coefficient (Wildman–Crippen LogP) is 1.89. The Morgan fingerprint density at radius 2 is 1.86 bits per heavy atom. The number of hydrogen-bond acceptors (Lipinski definition) is 2. The van der Waals surface area contributed by atoms with Crippen LogP contribution in [0.2, 0.25) is 0 Å². The molecule has 1 fully saturated rings. The van der Waals surface area contributed by atoms with Gasteiger partial charge >= 0.3 is 0 Å². The van der Waals surface area contributed by atoms with Crippen LogP contribution in [0.1, 0.15) is 53.4 Å². The molecule has 21 heavy (non-hydrogen) atoms. The number of hydrogen-bond donors (Lipinski definition) is 3. The molecule has 5 heteroatoms. The molecule has 1 aliphatic carbocycles. The zero-order valence-electron chi connectivity index (χ0n) is 14.0. The minimum absolute atomic E-state index is 0.0320. The van der Waals surface area contributed by atoms with Crippen LogP contribution in [0.15, 0.2) is 4.99 Å². The lowest BCUT2D eigenvalue weighted by Gasteiger charge is -2.28. The Labute approximate surface area is 129 Å². The lowest BCUT2D eigenvalue weighted by molar-refractivity contribution is -0.123. The molecule has 0 saturated heterocycles. The highest BCUT2D eigenvalue weighted by Crippen LogP contribution is 2.23. The summed E-state index contributed by atoms with van der Waals surface area (Å²) in [7, 11) is 0. The molecule has 0 heterocycles. The van der Waals surface area contributed by atoms with Gasteiger partial charge in [-0.25, -0.2) is 0 Å². The van der Waals surface area contributed by atoms with Crippen LogP contribution in [0.4, 0.5) is 0 Å². The lowest BCUT2D eigenvalue weighted by Crippen LogP contribution is -2.45. The van der Waals surface area contributed by atoms with Crippen molar-refractivity contribution < 1.29 is 4.79 Å². The van der Waals surface area contributed by atoms with Crippen molar-refractivity contribution >= 4 is 11.9 Å². The number of guanidine groups is 1. The number of amides is 1. The molecule has 122 valence electrons. The van der Waals surface area contributed by atoms with E-state index < -0.39 is 0 Å². The van der Waals surface area contributed by atoms with E-state index in [4.69, 9.17) is 0 Å². The van der Waals surface area contributed by atoms with Crippen molar-refractivity contribution in [1.82, 2.24) is 16.0 Å². The van der Waals surface area contributed by atoms with Crippen LogP contribution in [0.5, 0.6) is 0 Å². The van der Waals surface area contributed by atoms with E-state index in [2.05, 4.69) is 34.8 Å². The van der Waals surface area contributed by atoms with Gasteiger partial charge in [0.15, 0.2) is 5.96 Å². The van der Waals surface area contributed by atoms with Gasteiger partial charge in [-0.05, 0) is 38.5 Å². The molecular weight excluding hydrogens is 264 g/mol. The number of carbonyl (C=O) groups excluding carboxylic acids is 1. The van der Waals surface area contributed by atoms with E-state index in [1.165, 1.54) is 25.7 Å². The van der Waals surface area contributed by atoms with Crippen molar-refractivity contribution in [2.45, 2.75) is 59.4 Å². The van der Waals surface area contributed by atoms with Crippen LogP contribution in [0, 0.1) is 11.8 Å². The fourth-order valence-electron chi connectivity index (χ4n) is 2.47. The average Bonchev–Trinajstić information content (AvgIpc) is 2.45. The molecule has 0 aromatic heterocycles. The van der Waals surface area contributed by atoms with Gasteiger partial charge in [-0.3, -0.25) is 9.79 Å². The summed E-state index contributed by atoms with van der Waals surface area (Å²) < 4.78 is 0. The Balaban J connectivity index is 2.34. The highest BCUT2D eigenvalue weighted by molar-refractivity contribution is 5.80. The Morgan fingerprint density at radius 1 is 1.19 bits per heavy atom. The molecule has 0 atom stereocenters. The quantitative estimate of drug-likeness (QED) is 0.398. The molecule has 1 amide bonds. The first kappa shape index (κ1) is 17.8. The molecule has 5 nitrogen and oxygen atoms in total. The summed E-state index contributed by atoms with van der Waals surface area (Å²) in [5.74, 6) is 1.85. The maximum atomic E-state index is 11.5. The summed E-state index contributed by atoms with van der Waals surface area (Å²) in [5, 5.41) is 9.68. The van der Waals surface area contributed by atoms with Crippen LogP contribution in [-0.4, -0.2) is 37.5 Å². The fourth-order valence-corrected chi connectivity index (χ4v) is 2.47. The molecule has 0 bridgehead atoms. The molecule has 0 aromatic carbocycles. The van der Waals surface area contributed by atoms with Crippen molar-refractivity contribution in [3.63, 3.8) is 0 Å². The largest absolute Gasteiger partial charge is 0.357 e. The van der Waals surface area contributed by atoms with E-state index in [-0.39, 0.29) is 11.8 Å². The van der Waals surface area contributed by atoms with Gasteiger partial charge in [-0.15, -0.1) is 0 Å². The summed E-state index contributed by atoms with van der Waals surface area (Å²) in [6, 6.07) is 0.532. The van der Waals surface area contributed by atoms with Gasteiger partial charge in [-0.1, -0.05) is 20.8 Å². The van der Waals surface area contributed by atoms with Crippen LogP contribution < -0.4 is 16.0 Å². The molecule has 1 rings (SSSR count). The molecule has 0 unspecified atom stereocenters. The third kappa shape index (κ3) is 7.34. The molecular formula is C16H32N4O. The van der Waals surface area contributed by atoms with Crippen molar-refractivity contribution in [2.75, 3.05) is 19.6 Å². The van der Waals surface area contributed by atoms with Crippen molar-refractivity contribution in [1.29, 1.82) is 0 Å². The first-order chi connectivity index (χ1) is 10.0. The summed E-state index contributed by atoms with van der Waals surface area (Å²) in [6.07, 6.45) is 5.02. The minimum Gasteiger partial charge on any atom is -0.357 e. The third-order valence-electron chi connectivity index (χ3n) is 3.91. The highest BCUT2D eigenvalue weighted by atomic mass is 16.1. The van der Waals surface area contributed by atoms with Gasteiger partial charge in [0.2, 0.25) is 5.91 Å². The molecule has 0 aromatic rings. The predicted molar refractivity (Wildman–Crippen MR) is 88.4 cm³/mol. The molecule has 1 aliphatic rings. The number of rotatable bonds is 6. The maximum Gasteiger partial charge on any atom is 0.222 e.